The Labute approximate surface area is 276 Å². The lowest BCUT2D eigenvalue weighted by Gasteiger charge is -2.13. The molecule has 3 aromatic heterocycles. The van der Waals surface area contributed by atoms with Crippen LogP contribution < -0.4 is 0 Å². The predicted octanol–water partition coefficient (Wildman–Crippen LogP) is 11.2. The Morgan fingerprint density at radius 3 is 1.67 bits per heavy atom. The summed E-state index contributed by atoms with van der Waals surface area (Å²) in [5.74, 6) is 1.53. The molecule has 0 amide bonds. The van der Waals surface area contributed by atoms with Gasteiger partial charge in [0.1, 0.15) is 5.82 Å². The number of nitrogens with zero attached hydrogens (tertiary/aromatic N) is 4. The summed E-state index contributed by atoms with van der Waals surface area (Å²) >= 11 is 0. The van der Waals surface area contributed by atoms with E-state index in [1.54, 1.807) is 0 Å². The molecule has 0 unspecified atom stereocenters. The number of aromatic nitrogens is 4. The quantitative estimate of drug-likeness (QED) is 0.198. The predicted molar refractivity (Wildman–Crippen MR) is 199 cm³/mol. The third kappa shape index (κ3) is 4.10. The van der Waals surface area contributed by atoms with Gasteiger partial charge in [0, 0.05) is 44.4 Å². The Kier molecular flexibility index (Phi) is 5.84. The second-order valence-electron chi connectivity index (χ2n) is 12.3. The van der Waals surface area contributed by atoms with Gasteiger partial charge in [0.2, 0.25) is 0 Å². The van der Waals surface area contributed by atoms with Crippen LogP contribution in [0.25, 0.3) is 88.5 Å². The highest BCUT2D eigenvalue weighted by Crippen LogP contribution is 2.40. The van der Waals surface area contributed by atoms with Gasteiger partial charge in [-0.25, -0.2) is 9.97 Å². The molecule has 0 aliphatic rings. The number of hydrogen-bond acceptors (Lipinski definition) is 2. The summed E-state index contributed by atoms with van der Waals surface area (Å²) in [7, 11) is 0. The topological polar surface area (TPSA) is 35.6 Å². The van der Waals surface area contributed by atoms with Crippen molar-refractivity contribution in [3.05, 3.63) is 170 Å². The number of benzene rings is 7. The lowest BCUT2D eigenvalue weighted by Crippen LogP contribution is -2.02. The number of rotatable bonds is 4. The SMILES string of the molecule is c1ccc(-c2cc(-n3c4ccccc4c4cc5c6ccccc6n(-c6ccc7ccccc7c6)c5cc43)nc(-c3ccccc3)n2)cc1. The summed E-state index contributed by atoms with van der Waals surface area (Å²) in [5, 5.41) is 7.31. The molecule has 0 saturated heterocycles. The molecule has 3 heterocycles. The molecule has 0 atom stereocenters. The van der Waals surface area contributed by atoms with Gasteiger partial charge >= 0.3 is 0 Å². The molecule has 10 rings (SSSR count). The van der Waals surface area contributed by atoms with Gasteiger partial charge < -0.3 is 4.57 Å². The highest BCUT2D eigenvalue weighted by atomic mass is 15.1. The maximum Gasteiger partial charge on any atom is 0.162 e. The molecule has 224 valence electrons. The van der Waals surface area contributed by atoms with Crippen LogP contribution in [-0.2, 0) is 0 Å². The highest BCUT2D eigenvalue weighted by molar-refractivity contribution is 6.19. The second-order valence-corrected chi connectivity index (χ2v) is 12.3. The minimum absolute atomic E-state index is 0.698. The minimum Gasteiger partial charge on any atom is -0.309 e. The number of para-hydroxylation sites is 2. The summed E-state index contributed by atoms with van der Waals surface area (Å²) in [5.41, 5.74) is 8.62. The second kappa shape index (κ2) is 10.5. The molecule has 10 aromatic rings. The van der Waals surface area contributed by atoms with Crippen molar-refractivity contribution in [1.29, 1.82) is 0 Å². The zero-order valence-electron chi connectivity index (χ0n) is 26.0. The van der Waals surface area contributed by atoms with Crippen LogP contribution in [0.2, 0.25) is 0 Å². The monoisotopic (exact) mass is 612 g/mol. The molecule has 0 radical (unpaired) electrons. The smallest absolute Gasteiger partial charge is 0.162 e. The first-order chi connectivity index (χ1) is 23.8. The van der Waals surface area contributed by atoms with Crippen LogP contribution in [0.1, 0.15) is 0 Å². The summed E-state index contributed by atoms with van der Waals surface area (Å²) in [6.07, 6.45) is 0. The van der Waals surface area contributed by atoms with Crippen molar-refractivity contribution in [3.63, 3.8) is 0 Å². The van der Waals surface area contributed by atoms with Crippen molar-refractivity contribution in [2.24, 2.45) is 0 Å². The van der Waals surface area contributed by atoms with E-state index >= 15 is 0 Å². The zero-order valence-corrected chi connectivity index (χ0v) is 26.0. The third-order valence-corrected chi connectivity index (χ3v) is 9.50. The summed E-state index contributed by atoms with van der Waals surface area (Å²) in [6, 6.07) is 60.2. The van der Waals surface area contributed by atoms with Gasteiger partial charge in [0.05, 0.1) is 27.8 Å². The standard InChI is InChI=1S/C44H28N4/c1-3-14-30(15-4-1)38-27-43(46-44(45-38)31-16-5-2-6-17-31)48-40-22-12-10-20-35(40)37-26-36-34-19-9-11-21-39(34)47(41(36)28-42(37)48)33-24-23-29-13-7-8-18-32(29)25-33/h1-28H. The van der Waals surface area contributed by atoms with Crippen LogP contribution in [0.4, 0.5) is 0 Å². The van der Waals surface area contributed by atoms with Gasteiger partial charge in [-0.1, -0.05) is 127 Å². The summed E-state index contributed by atoms with van der Waals surface area (Å²) < 4.78 is 4.72. The maximum absolute atomic E-state index is 5.25. The van der Waals surface area contributed by atoms with Crippen LogP contribution in [0, 0.1) is 0 Å². The lowest BCUT2D eigenvalue weighted by atomic mass is 10.1. The van der Waals surface area contributed by atoms with E-state index in [-0.39, 0.29) is 0 Å². The fourth-order valence-electron chi connectivity index (χ4n) is 7.29. The maximum atomic E-state index is 5.25. The molecule has 0 spiro atoms. The lowest BCUT2D eigenvalue weighted by molar-refractivity contribution is 1.05. The van der Waals surface area contributed by atoms with Crippen LogP contribution in [0.5, 0.6) is 0 Å². The first-order valence-electron chi connectivity index (χ1n) is 16.3. The molecule has 0 saturated carbocycles. The van der Waals surface area contributed by atoms with Crippen molar-refractivity contribution in [1.82, 2.24) is 19.1 Å². The summed E-state index contributed by atoms with van der Waals surface area (Å²) in [6.45, 7) is 0. The molecule has 4 heteroatoms. The fraction of sp³-hybridized carbons (Fsp3) is 0. The minimum atomic E-state index is 0.698. The van der Waals surface area contributed by atoms with Crippen LogP contribution >= 0.6 is 0 Å². The van der Waals surface area contributed by atoms with Crippen LogP contribution in [0.15, 0.2) is 170 Å². The van der Waals surface area contributed by atoms with E-state index < -0.39 is 0 Å². The van der Waals surface area contributed by atoms with Gasteiger partial charge in [0.25, 0.3) is 0 Å². The normalized spacial score (nSPS) is 11.8. The van der Waals surface area contributed by atoms with Gasteiger partial charge in [0.15, 0.2) is 5.82 Å². The van der Waals surface area contributed by atoms with Gasteiger partial charge in [-0.05, 0) is 47.2 Å². The molecule has 0 bridgehead atoms. The van der Waals surface area contributed by atoms with Gasteiger partial charge in [-0.15, -0.1) is 0 Å². The largest absolute Gasteiger partial charge is 0.309 e. The van der Waals surface area contributed by atoms with Crippen LogP contribution in [-0.4, -0.2) is 19.1 Å². The van der Waals surface area contributed by atoms with E-state index in [0.717, 1.165) is 44.9 Å². The fourth-order valence-corrected chi connectivity index (χ4v) is 7.29. The van der Waals surface area contributed by atoms with E-state index in [9.17, 15) is 0 Å². The molecule has 0 N–H and O–H groups in total. The Balaban J connectivity index is 1.32. The highest BCUT2D eigenvalue weighted by Gasteiger charge is 2.20. The van der Waals surface area contributed by atoms with Gasteiger partial charge in [-0.2, -0.15) is 0 Å². The Hall–Kier alpha value is -6.52. The van der Waals surface area contributed by atoms with E-state index in [2.05, 4.69) is 155 Å². The number of hydrogen-bond donors (Lipinski definition) is 0. The van der Waals surface area contributed by atoms with Gasteiger partial charge in [-0.3, -0.25) is 4.57 Å². The molecular weight excluding hydrogens is 585 g/mol. The van der Waals surface area contributed by atoms with Crippen molar-refractivity contribution in [2.45, 2.75) is 0 Å². The van der Waals surface area contributed by atoms with Crippen molar-refractivity contribution in [3.8, 4) is 34.2 Å². The summed E-state index contributed by atoms with van der Waals surface area (Å²) in [4.78, 5) is 10.3. The molecule has 0 aliphatic carbocycles. The average molecular weight is 613 g/mol. The Morgan fingerprint density at radius 1 is 0.354 bits per heavy atom. The van der Waals surface area contributed by atoms with E-state index in [4.69, 9.17) is 9.97 Å². The molecule has 0 aliphatic heterocycles. The molecular formula is C44H28N4. The average Bonchev–Trinajstić information content (AvgIpc) is 3.66. The van der Waals surface area contributed by atoms with Crippen LogP contribution in [0.3, 0.4) is 0 Å². The van der Waals surface area contributed by atoms with E-state index in [1.807, 2.05) is 24.3 Å². The first-order valence-corrected chi connectivity index (χ1v) is 16.3. The van der Waals surface area contributed by atoms with Crippen molar-refractivity contribution in [2.75, 3.05) is 0 Å². The Bertz CT molecular complexity index is 2770. The van der Waals surface area contributed by atoms with E-state index in [0.29, 0.717) is 5.82 Å². The molecule has 48 heavy (non-hydrogen) atoms. The zero-order chi connectivity index (χ0) is 31.6. The Morgan fingerprint density at radius 2 is 0.938 bits per heavy atom. The molecule has 4 nitrogen and oxygen atoms in total. The van der Waals surface area contributed by atoms with E-state index in [1.165, 1.54) is 37.8 Å². The van der Waals surface area contributed by atoms with Crippen molar-refractivity contribution >= 4 is 54.4 Å². The third-order valence-electron chi connectivity index (χ3n) is 9.50. The molecule has 7 aromatic carbocycles. The first kappa shape index (κ1) is 26.7. The number of fused-ring (bicyclic) bond motifs is 7. The molecule has 0 fully saturated rings. The van der Waals surface area contributed by atoms with Crippen molar-refractivity contribution < 1.29 is 0 Å².